The summed E-state index contributed by atoms with van der Waals surface area (Å²) < 4.78 is 13.1. The third-order valence-corrected chi connectivity index (χ3v) is 3.65. The summed E-state index contributed by atoms with van der Waals surface area (Å²) in [5.74, 6) is -0.423. The number of pyridine rings is 1. The molecule has 1 N–H and O–H groups in total. The highest BCUT2D eigenvalue weighted by molar-refractivity contribution is 5.79. The van der Waals surface area contributed by atoms with Gasteiger partial charge in [0.15, 0.2) is 0 Å². The summed E-state index contributed by atoms with van der Waals surface area (Å²) in [5.41, 5.74) is 3.62. The summed E-state index contributed by atoms with van der Waals surface area (Å²) >= 11 is 0. The monoisotopic (exact) mass is 320 g/mol. The number of benzene rings is 2. The third kappa shape index (κ3) is 4.26. The second-order valence-electron chi connectivity index (χ2n) is 5.53. The number of nitrogens with one attached hydrogen (secondary N) is 1. The van der Waals surface area contributed by atoms with Gasteiger partial charge in [-0.2, -0.15) is 0 Å². The Kier molecular flexibility index (Phi) is 4.96. The largest absolute Gasteiger partial charge is 0.352 e. The van der Waals surface area contributed by atoms with Crippen molar-refractivity contribution in [2.75, 3.05) is 0 Å². The van der Waals surface area contributed by atoms with Crippen LogP contribution in [0.2, 0.25) is 0 Å². The van der Waals surface area contributed by atoms with Gasteiger partial charge in [-0.1, -0.05) is 42.5 Å². The molecular formula is C20H17FN2O. The molecule has 120 valence electrons. The van der Waals surface area contributed by atoms with Crippen LogP contribution in [0.25, 0.3) is 11.1 Å². The van der Waals surface area contributed by atoms with E-state index in [0.717, 1.165) is 22.3 Å². The molecule has 0 bridgehead atoms. The fraction of sp³-hybridized carbons (Fsp3) is 0.100. The molecule has 0 aliphatic heterocycles. The average Bonchev–Trinajstić information content (AvgIpc) is 2.61. The van der Waals surface area contributed by atoms with Crippen LogP contribution in [-0.4, -0.2) is 10.9 Å². The lowest BCUT2D eigenvalue weighted by Gasteiger charge is -2.07. The quantitative estimate of drug-likeness (QED) is 0.778. The Balaban J connectivity index is 1.62. The van der Waals surface area contributed by atoms with Crippen LogP contribution in [0.5, 0.6) is 0 Å². The van der Waals surface area contributed by atoms with Gasteiger partial charge in [0.05, 0.1) is 6.42 Å². The van der Waals surface area contributed by atoms with Gasteiger partial charge in [-0.25, -0.2) is 4.39 Å². The minimum absolute atomic E-state index is 0.119. The third-order valence-electron chi connectivity index (χ3n) is 3.65. The molecule has 0 aliphatic rings. The van der Waals surface area contributed by atoms with Crippen molar-refractivity contribution in [1.29, 1.82) is 0 Å². The van der Waals surface area contributed by atoms with Crippen LogP contribution < -0.4 is 5.32 Å². The molecule has 0 radical (unpaired) electrons. The first-order chi connectivity index (χ1) is 11.7. The van der Waals surface area contributed by atoms with Crippen LogP contribution in [0.4, 0.5) is 4.39 Å². The number of nitrogens with zero attached hydrogens (tertiary/aromatic N) is 1. The second kappa shape index (κ2) is 7.51. The topological polar surface area (TPSA) is 42.0 Å². The van der Waals surface area contributed by atoms with Crippen molar-refractivity contribution in [3.63, 3.8) is 0 Å². The fourth-order valence-corrected chi connectivity index (χ4v) is 2.47. The van der Waals surface area contributed by atoms with E-state index in [1.54, 1.807) is 24.5 Å². The first-order valence-corrected chi connectivity index (χ1v) is 7.71. The maximum atomic E-state index is 13.1. The number of aromatic nitrogens is 1. The summed E-state index contributed by atoms with van der Waals surface area (Å²) in [5, 5.41) is 2.80. The van der Waals surface area contributed by atoms with Crippen molar-refractivity contribution in [3.05, 3.63) is 90.0 Å². The highest BCUT2D eigenvalue weighted by Crippen LogP contribution is 2.18. The zero-order valence-corrected chi connectivity index (χ0v) is 13.1. The number of halogens is 1. The van der Waals surface area contributed by atoms with Gasteiger partial charge in [-0.3, -0.25) is 9.78 Å². The normalized spacial score (nSPS) is 10.4. The molecule has 4 heteroatoms. The molecule has 3 rings (SSSR count). The van der Waals surface area contributed by atoms with Crippen molar-refractivity contribution in [3.8, 4) is 11.1 Å². The maximum Gasteiger partial charge on any atom is 0.224 e. The van der Waals surface area contributed by atoms with Crippen LogP contribution in [0.3, 0.4) is 0 Å². The van der Waals surface area contributed by atoms with E-state index < -0.39 is 0 Å². The van der Waals surface area contributed by atoms with E-state index in [0.29, 0.717) is 6.54 Å². The molecule has 2 aromatic carbocycles. The molecule has 0 aliphatic carbocycles. The molecule has 3 aromatic rings. The minimum Gasteiger partial charge on any atom is -0.352 e. The zero-order valence-electron chi connectivity index (χ0n) is 13.1. The first kappa shape index (κ1) is 15.9. The summed E-state index contributed by atoms with van der Waals surface area (Å²) in [6.07, 6.45) is 3.71. The molecule has 0 spiro atoms. The van der Waals surface area contributed by atoms with Gasteiger partial charge in [-0.05, 0) is 34.9 Å². The van der Waals surface area contributed by atoms with E-state index in [9.17, 15) is 9.18 Å². The molecule has 0 saturated carbocycles. The molecule has 0 fully saturated rings. The molecule has 0 atom stereocenters. The lowest BCUT2D eigenvalue weighted by Crippen LogP contribution is -2.24. The summed E-state index contributed by atoms with van der Waals surface area (Å²) in [6.45, 7) is 0.308. The molecular weight excluding hydrogens is 303 g/mol. The Morgan fingerprint density at radius 3 is 2.54 bits per heavy atom. The van der Waals surface area contributed by atoms with Gasteiger partial charge in [0, 0.05) is 24.5 Å². The Bertz CT molecular complexity index is 834. The smallest absolute Gasteiger partial charge is 0.224 e. The number of amides is 1. The van der Waals surface area contributed by atoms with E-state index >= 15 is 0 Å². The van der Waals surface area contributed by atoms with Crippen molar-refractivity contribution < 1.29 is 9.18 Å². The van der Waals surface area contributed by atoms with Gasteiger partial charge in [-0.15, -0.1) is 0 Å². The number of hydrogen-bond acceptors (Lipinski definition) is 2. The maximum absolute atomic E-state index is 13.1. The number of carbonyl (C=O) groups excluding carboxylic acids is 1. The lowest BCUT2D eigenvalue weighted by molar-refractivity contribution is -0.120. The number of carbonyl (C=O) groups is 1. The van der Waals surface area contributed by atoms with Crippen molar-refractivity contribution in [2.24, 2.45) is 0 Å². The summed E-state index contributed by atoms with van der Waals surface area (Å²) in [6, 6.07) is 18.1. The predicted octanol–water partition coefficient (Wildman–Crippen LogP) is 3.75. The van der Waals surface area contributed by atoms with Crippen molar-refractivity contribution in [2.45, 2.75) is 13.0 Å². The van der Waals surface area contributed by atoms with E-state index in [2.05, 4.69) is 10.3 Å². The van der Waals surface area contributed by atoms with Gasteiger partial charge < -0.3 is 5.32 Å². The van der Waals surface area contributed by atoms with Crippen LogP contribution in [0, 0.1) is 5.82 Å². The van der Waals surface area contributed by atoms with E-state index in [1.807, 2.05) is 36.4 Å². The van der Waals surface area contributed by atoms with Crippen molar-refractivity contribution >= 4 is 5.91 Å². The van der Waals surface area contributed by atoms with Gasteiger partial charge in [0.2, 0.25) is 5.91 Å². The Morgan fingerprint density at radius 2 is 1.75 bits per heavy atom. The van der Waals surface area contributed by atoms with Crippen LogP contribution in [0.1, 0.15) is 11.1 Å². The van der Waals surface area contributed by atoms with Crippen molar-refractivity contribution in [1.82, 2.24) is 10.3 Å². The number of rotatable bonds is 5. The van der Waals surface area contributed by atoms with E-state index in [-0.39, 0.29) is 18.1 Å². The van der Waals surface area contributed by atoms with E-state index in [1.165, 1.54) is 12.1 Å². The number of hydrogen-bond donors (Lipinski definition) is 1. The highest BCUT2D eigenvalue weighted by atomic mass is 19.1. The SMILES string of the molecule is O=C(Cc1cncc(-c2ccccc2)c1)NCc1cccc(F)c1. The minimum atomic E-state index is -0.304. The van der Waals surface area contributed by atoms with Gasteiger partial charge in [0.25, 0.3) is 0 Å². The molecule has 0 unspecified atom stereocenters. The Morgan fingerprint density at radius 1 is 0.917 bits per heavy atom. The molecule has 24 heavy (non-hydrogen) atoms. The predicted molar refractivity (Wildman–Crippen MR) is 91.6 cm³/mol. The molecule has 1 amide bonds. The fourth-order valence-electron chi connectivity index (χ4n) is 2.47. The molecule has 0 saturated heterocycles. The second-order valence-corrected chi connectivity index (χ2v) is 5.53. The summed E-state index contributed by atoms with van der Waals surface area (Å²) in [7, 11) is 0. The lowest BCUT2D eigenvalue weighted by atomic mass is 10.0. The van der Waals surface area contributed by atoms with Gasteiger partial charge >= 0.3 is 0 Å². The molecule has 3 nitrogen and oxygen atoms in total. The van der Waals surface area contributed by atoms with Gasteiger partial charge in [0.1, 0.15) is 5.82 Å². The average molecular weight is 320 g/mol. The first-order valence-electron chi connectivity index (χ1n) is 7.71. The Hall–Kier alpha value is -3.01. The highest BCUT2D eigenvalue weighted by Gasteiger charge is 2.06. The van der Waals surface area contributed by atoms with Crippen LogP contribution in [0.15, 0.2) is 73.1 Å². The van der Waals surface area contributed by atoms with Crippen LogP contribution in [-0.2, 0) is 17.8 Å². The van der Waals surface area contributed by atoms with Crippen LogP contribution >= 0.6 is 0 Å². The summed E-state index contributed by atoms with van der Waals surface area (Å²) in [4.78, 5) is 16.3. The Labute approximate surface area is 140 Å². The molecule has 1 aromatic heterocycles. The standard InChI is InChI=1S/C20H17FN2O/c21-19-8-4-5-15(10-19)13-23-20(24)11-16-9-18(14-22-12-16)17-6-2-1-3-7-17/h1-10,12,14H,11,13H2,(H,23,24). The molecule has 1 heterocycles. The van der Waals surface area contributed by atoms with E-state index in [4.69, 9.17) is 0 Å². The zero-order chi connectivity index (χ0) is 16.8.